The van der Waals surface area contributed by atoms with Crippen molar-refractivity contribution in [2.75, 3.05) is 31.7 Å². The van der Waals surface area contributed by atoms with Crippen LogP contribution in [0.3, 0.4) is 0 Å². The van der Waals surface area contributed by atoms with Gasteiger partial charge in [-0.2, -0.15) is 0 Å². The molecule has 6 rings (SSSR count). The number of aliphatic hydroxyl groups is 2. The number of nitrogens with one attached hydrogen (secondary N) is 1. The highest BCUT2D eigenvalue weighted by Crippen LogP contribution is 2.53. The van der Waals surface area contributed by atoms with E-state index in [0.717, 1.165) is 38.0 Å². The number of rotatable bonds is 6. The van der Waals surface area contributed by atoms with Crippen molar-refractivity contribution in [3.05, 3.63) is 40.4 Å². The van der Waals surface area contributed by atoms with Gasteiger partial charge in [-0.1, -0.05) is 43.7 Å². The van der Waals surface area contributed by atoms with E-state index in [9.17, 15) is 19.8 Å². The first-order valence-electron chi connectivity index (χ1n) is 17.0. The summed E-state index contributed by atoms with van der Waals surface area (Å²) in [6.45, 7) is 14.2. The third kappa shape index (κ3) is 6.11. The maximum atomic E-state index is 14.1. The lowest BCUT2D eigenvalue weighted by Gasteiger charge is -2.56. The first kappa shape index (κ1) is 34.6. The van der Waals surface area contributed by atoms with Crippen LogP contribution in [-0.2, 0) is 34.2 Å². The Bertz CT molecular complexity index is 1400. The molecule has 11 nitrogen and oxygen atoms in total. The number of nitrogens with zero attached hydrogens (tertiary/aromatic N) is 2. The Morgan fingerprint density at radius 3 is 2.53 bits per heavy atom. The fourth-order valence-corrected chi connectivity index (χ4v) is 9.43. The van der Waals surface area contributed by atoms with Crippen molar-refractivity contribution in [2.24, 2.45) is 23.7 Å². The zero-order valence-corrected chi connectivity index (χ0v) is 29.2. The Hall–Kier alpha value is -2.25. The molecule has 0 spiro atoms. The topological polar surface area (TPSA) is 130 Å². The van der Waals surface area contributed by atoms with Gasteiger partial charge in [0.25, 0.3) is 0 Å². The predicted octanol–water partition coefficient (Wildman–Crippen LogP) is 3.54. The van der Waals surface area contributed by atoms with E-state index in [1.165, 1.54) is 12.0 Å². The van der Waals surface area contributed by atoms with Crippen LogP contribution in [0.4, 0.5) is 5.69 Å². The molecule has 2 aliphatic carbocycles. The van der Waals surface area contributed by atoms with E-state index in [0.29, 0.717) is 16.3 Å². The van der Waals surface area contributed by atoms with E-state index in [-0.39, 0.29) is 42.3 Å². The fourth-order valence-electron chi connectivity index (χ4n) is 9.14. The number of ether oxygens (including phenoxy) is 3. The van der Waals surface area contributed by atoms with Gasteiger partial charge in [0.1, 0.15) is 17.2 Å². The molecule has 1 unspecified atom stereocenters. The number of morpholine rings is 1. The van der Waals surface area contributed by atoms with Gasteiger partial charge in [0.05, 0.1) is 22.9 Å². The SMILES string of the molecule is CC(=O)O[C@@H]1C(C)=C[C@@H]2[C@H](C(C)CN3C[C@@H](C)O[C@@H](C)C3)CC[C@@H](C)[C@]2(O)[C@H]1OC(=O)[C@@H]1C[C@@]2(O)c3cccc(Cl)c3N(C)O[C@H]2N1. The van der Waals surface area contributed by atoms with Crippen LogP contribution < -0.4 is 10.4 Å². The quantitative estimate of drug-likeness (QED) is 0.303. The van der Waals surface area contributed by atoms with E-state index < -0.39 is 47.6 Å². The third-order valence-corrected chi connectivity index (χ3v) is 11.6. The molecule has 47 heavy (non-hydrogen) atoms. The molecule has 2 saturated heterocycles. The first-order valence-corrected chi connectivity index (χ1v) is 17.3. The van der Waals surface area contributed by atoms with Gasteiger partial charge in [0, 0.05) is 51.5 Å². The van der Waals surface area contributed by atoms with Crippen LogP contribution in [0.2, 0.25) is 5.02 Å². The Labute approximate surface area is 282 Å². The number of hydroxylamine groups is 1. The van der Waals surface area contributed by atoms with Crippen LogP contribution in [-0.4, -0.2) is 96.0 Å². The van der Waals surface area contributed by atoms with Crippen LogP contribution in [0.5, 0.6) is 0 Å². The largest absolute Gasteiger partial charge is 0.454 e. The monoisotopic (exact) mass is 675 g/mol. The molecule has 3 N–H and O–H groups in total. The summed E-state index contributed by atoms with van der Waals surface area (Å²) in [6.07, 6.45) is 0.929. The molecule has 3 fully saturated rings. The standard InChI is InChI=1S/C35H50ClN3O8/c1-18-13-26-24(19(2)15-39-16-21(4)44-22(5)17-39)12-11-20(3)35(26,43)31(30(18)45-23(6)40)46-32(41)28-14-34(42)25-9-8-10-27(36)29(25)38(7)47-33(34)37-28/h8-10,13,19-22,24,26,28,30-31,33,37,42-43H,11-12,14-17H2,1-7H3/t19?,20-,21-,22+,24+,26-,28+,30-,31+,33-,34-,35-/m1/s1. The molecule has 5 aliphatic rings. The Balaban J connectivity index is 1.27. The molecular formula is C35H50ClN3O8. The smallest absolute Gasteiger partial charge is 0.323 e. The summed E-state index contributed by atoms with van der Waals surface area (Å²) < 4.78 is 18.0. The lowest BCUT2D eigenvalue weighted by Crippen LogP contribution is -2.66. The van der Waals surface area contributed by atoms with E-state index in [1.807, 2.05) is 13.8 Å². The highest BCUT2D eigenvalue weighted by atomic mass is 35.5. The second-order valence-corrected chi connectivity index (χ2v) is 15.2. The van der Waals surface area contributed by atoms with Crippen LogP contribution in [0.15, 0.2) is 29.8 Å². The highest BCUT2D eigenvalue weighted by molar-refractivity contribution is 6.33. The highest BCUT2D eigenvalue weighted by Gasteiger charge is 2.62. The number of carbonyl (C=O) groups is 2. The van der Waals surface area contributed by atoms with Crippen molar-refractivity contribution in [2.45, 2.75) is 109 Å². The van der Waals surface area contributed by atoms with E-state index in [1.54, 1.807) is 25.2 Å². The molecule has 0 aromatic heterocycles. The van der Waals surface area contributed by atoms with Crippen LogP contribution >= 0.6 is 11.6 Å². The van der Waals surface area contributed by atoms with Crippen molar-refractivity contribution in [1.82, 2.24) is 10.2 Å². The van der Waals surface area contributed by atoms with Crippen molar-refractivity contribution in [3.8, 4) is 0 Å². The fraction of sp³-hybridized carbons (Fsp3) is 0.714. The molecule has 1 saturated carbocycles. The lowest BCUT2D eigenvalue weighted by atomic mass is 9.55. The van der Waals surface area contributed by atoms with Crippen molar-refractivity contribution in [1.29, 1.82) is 0 Å². The Morgan fingerprint density at radius 2 is 1.85 bits per heavy atom. The molecule has 260 valence electrons. The molecular weight excluding hydrogens is 626 g/mol. The average molecular weight is 676 g/mol. The minimum absolute atomic E-state index is 0.0368. The van der Waals surface area contributed by atoms with E-state index in [2.05, 4.69) is 37.1 Å². The van der Waals surface area contributed by atoms with E-state index in [4.69, 9.17) is 30.6 Å². The zero-order chi connectivity index (χ0) is 34.0. The summed E-state index contributed by atoms with van der Waals surface area (Å²) in [4.78, 5) is 34.8. The van der Waals surface area contributed by atoms with Gasteiger partial charge in [0.2, 0.25) is 0 Å². The third-order valence-electron chi connectivity index (χ3n) is 11.3. The molecule has 0 bridgehead atoms. The van der Waals surface area contributed by atoms with Crippen LogP contribution in [0.25, 0.3) is 0 Å². The molecule has 12 atom stereocenters. The summed E-state index contributed by atoms with van der Waals surface area (Å²) in [7, 11) is 1.69. The number of anilines is 1. The number of hydrogen-bond acceptors (Lipinski definition) is 11. The number of esters is 2. The summed E-state index contributed by atoms with van der Waals surface area (Å²) in [5.41, 5.74) is -1.23. The predicted molar refractivity (Wildman–Crippen MR) is 175 cm³/mol. The minimum atomic E-state index is -1.55. The second kappa shape index (κ2) is 12.9. The molecule has 1 aromatic carbocycles. The summed E-state index contributed by atoms with van der Waals surface area (Å²) in [6, 6.07) is 4.27. The van der Waals surface area contributed by atoms with Gasteiger partial charge in [-0.05, 0) is 63.0 Å². The number of benzene rings is 1. The van der Waals surface area contributed by atoms with Gasteiger partial charge < -0.3 is 24.4 Å². The van der Waals surface area contributed by atoms with Gasteiger partial charge in [-0.3, -0.25) is 29.7 Å². The van der Waals surface area contributed by atoms with Crippen molar-refractivity contribution in [3.63, 3.8) is 0 Å². The molecule has 0 amide bonds. The number of hydrogen-bond donors (Lipinski definition) is 3. The molecule has 12 heteroatoms. The number of para-hydroxylation sites is 1. The maximum Gasteiger partial charge on any atom is 0.323 e. The summed E-state index contributed by atoms with van der Waals surface area (Å²) in [5.74, 6) is -1.41. The molecule has 3 aliphatic heterocycles. The maximum absolute atomic E-state index is 14.1. The Kier molecular flexibility index (Phi) is 9.49. The van der Waals surface area contributed by atoms with Gasteiger partial charge in [-0.15, -0.1) is 0 Å². The van der Waals surface area contributed by atoms with Crippen molar-refractivity contribution >= 4 is 29.2 Å². The van der Waals surface area contributed by atoms with Crippen LogP contribution in [0, 0.1) is 23.7 Å². The van der Waals surface area contributed by atoms with Gasteiger partial charge in [-0.25, -0.2) is 0 Å². The summed E-state index contributed by atoms with van der Waals surface area (Å²) in [5, 5.41) is 29.7. The average Bonchev–Trinajstić information content (AvgIpc) is 3.33. The van der Waals surface area contributed by atoms with Gasteiger partial charge in [0.15, 0.2) is 18.4 Å². The number of halogens is 1. The van der Waals surface area contributed by atoms with E-state index >= 15 is 0 Å². The summed E-state index contributed by atoms with van der Waals surface area (Å²) >= 11 is 6.46. The number of carbonyl (C=O) groups excluding carboxylic acids is 2. The number of fused-ring (bicyclic) bond motifs is 4. The molecule has 3 heterocycles. The molecule has 0 radical (unpaired) electrons. The minimum Gasteiger partial charge on any atom is -0.454 e. The second-order valence-electron chi connectivity index (χ2n) is 14.8. The van der Waals surface area contributed by atoms with Crippen LogP contribution in [0.1, 0.15) is 66.4 Å². The Morgan fingerprint density at radius 1 is 1.15 bits per heavy atom. The normalized spacial score (nSPS) is 40.9. The van der Waals surface area contributed by atoms with Gasteiger partial charge >= 0.3 is 11.9 Å². The lowest BCUT2D eigenvalue weighted by molar-refractivity contribution is -0.225. The first-order chi connectivity index (χ1) is 22.1. The molecule has 1 aromatic rings. The zero-order valence-electron chi connectivity index (χ0n) is 28.4. The van der Waals surface area contributed by atoms with Crippen molar-refractivity contribution < 1.29 is 38.9 Å².